The van der Waals surface area contributed by atoms with E-state index in [0.717, 1.165) is 22.9 Å². The Labute approximate surface area is 123 Å². The number of carbonyl (C=O) groups is 2. The van der Waals surface area contributed by atoms with Crippen molar-refractivity contribution < 1.29 is 14.3 Å². The maximum absolute atomic E-state index is 11.9. The van der Waals surface area contributed by atoms with E-state index in [1.807, 2.05) is 6.92 Å². The van der Waals surface area contributed by atoms with E-state index in [1.54, 1.807) is 12.1 Å². The van der Waals surface area contributed by atoms with E-state index in [4.69, 9.17) is 4.74 Å². The summed E-state index contributed by atoms with van der Waals surface area (Å²) in [6.45, 7) is 1.85. The minimum atomic E-state index is -0.614. The van der Waals surface area contributed by atoms with Gasteiger partial charge in [0.15, 0.2) is 0 Å². The molecule has 21 heavy (non-hydrogen) atoms. The molecule has 2 N–H and O–H groups in total. The van der Waals surface area contributed by atoms with Crippen LogP contribution in [0.4, 0.5) is 4.79 Å². The number of aromatic amines is 1. The Balaban J connectivity index is 2.33. The second-order valence-corrected chi connectivity index (χ2v) is 5.77. The fraction of sp³-hybridized carbons (Fsp3) is 0.214. The van der Waals surface area contributed by atoms with E-state index in [0.29, 0.717) is 16.7 Å². The highest BCUT2D eigenvalue weighted by atomic mass is 32.2. The fourth-order valence-electron chi connectivity index (χ4n) is 2.51. The first-order valence-electron chi connectivity index (χ1n) is 6.23. The average molecular weight is 304 g/mol. The van der Waals surface area contributed by atoms with Gasteiger partial charge in [-0.25, -0.2) is 0 Å². The second-order valence-electron chi connectivity index (χ2n) is 4.70. The number of ether oxygens (including phenoxy) is 1. The van der Waals surface area contributed by atoms with Gasteiger partial charge in [0.1, 0.15) is 11.0 Å². The minimum absolute atomic E-state index is 0.254. The van der Waals surface area contributed by atoms with Gasteiger partial charge in [0, 0.05) is 11.5 Å². The van der Waals surface area contributed by atoms with E-state index in [-0.39, 0.29) is 16.7 Å². The number of imide groups is 1. The number of nitrogens with one attached hydrogen (secondary N) is 2. The number of amides is 2. The fourth-order valence-corrected chi connectivity index (χ4v) is 3.48. The predicted molar refractivity (Wildman–Crippen MR) is 79.7 cm³/mol. The number of fused-ring (bicyclic) bond motifs is 1. The zero-order valence-corrected chi connectivity index (χ0v) is 12.2. The molecule has 1 unspecified atom stereocenters. The largest absolute Gasteiger partial charge is 0.495 e. The highest BCUT2D eigenvalue weighted by Crippen LogP contribution is 2.41. The number of hydrogen-bond acceptors (Lipinski definition) is 5. The lowest BCUT2D eigenvalue weighted by Crippen LogP contribution is -2.21. The van der Waals surface area contributed by atoms with Crippen molar-refractivity contribution in [3.8, 4) is 5.75 Å². The number of H-pyrrole nitrogens is 1. The molecule has 1 aromatic heterocycles. The number of methoxy groups -OCH3 is 1. The van der Waals surface area contributed by atoms with Crippen LogP contribution in [0.2, 0.25) is 0 Å². The summed E-state index contributed by atoms with van der Waals surface area (Å²) in [5, 5.41) is 2.00. The molecule has 0 spiro atoms. The normalized spacial score (nSPS) is 18.1. The first-order valence-corrected chi connectivity index (χ1v) is 7.11. The molecule has 3 rings (SSSR count). The van der Waals surface area contributed by atoms with Gasteiger partial charge in [-0.1, -0.05) is 0 Å². The van der Waals surface area contributed by atoms with Crippen molar-refractivity contribution in [3.63, 3.8) is 0 Å². The molecule has 2 amide bonds. The highest BCUT2D eigenvalue weighted by Gasteiger charge is 2.35. The van der Waals surface area contributed by atoms with Gasteiger partial charge in [0.2, 0.25) is 11.5 Å². The van der Waals surface area contributed by atoms with E-state index in [1.165, 1.54) is 13.2 Å². The summed E-state index contributed by atoms with van der Waals surface area (Å²) in [7, 11) is 1.51. The topological polar surface area (TPSA) is 88.3 Å². The van der Waals surface area contributed by atoms with Crippen LogP contribution in [-0.4, -0.2) is 23.2 Å². The summed E-state index contributed by atoms with van der Waals surface area (Å²) in [4.78, 5) is 37.6. The Hall–Kier alpha value is -2.28. The van der Waals surface area contributed by atoms with Crippen LogP contribution in [0.3, 0.4) is 0 Å². The van der Waals surface area contributed by atoms with Crippen LogP contribution < -0.4 is 15.6 Å². The Kier molecular flexibility index (Phi) is 3.21. The highest BCUT2D eigenvalue weighted by molar-refractivity contribution is 8.15. The van der Waals surface area contributed by atoms with Gasteiger partial charge in [-0.15, -0.1) is 0 Å². The molecule has 6 nitrogen and oxygen atoms in total. The Morgan fingerprint density at radius 3 is 2.62 bits per heavy atom. The monoisotopic (exact) mass is 304 g/mol. The molecule has 1 aromatic carbocycles. The molecule has 1 atom stereocenters. The Morgan fingerprint density at radius 1 is 1.24 bits per heavy atom. The number of benzene rings is 1. The molecule has 2 aromatic rings. The van der Waals surface area contributed by atoms with E-state index in [9.17, 15) is 14.4 Å². The third-order valence-electron chi connectivity index (χ3n) is 3.40. The van der Waals surface area contributed by atoms with Crippen LogP contribution in [0.5, 0.6) is 5.75 Å². The molecule has 0 saturated carbocycles. The summed E-state index contributed by atoms with van der Waals surface area (Å²) in [6.07, 6.45) is 0. The van der Waals surface area contributed by atoms with Crippen molar-refractivity contribution in [3.05, 3.63) is 39.7 Å². The van der Waals surface area contributed by atoms with Gasteiger partial charge in [0.25, 0.3) is 5.24 Å². The molecule has 7 heteroatoms. The molecule has 0 bridgehead atoms. The van der Waals surface area contributed by atoms with E-state index >= 15 is 0 Å². The summed E-state index contributed by atoms with van der Waals surface area (Å²) in [5.41, 5.74) is 1.82. The van der Waals surface area contributed by atoms with Crippen LogP contribution in [0, 0.1) is 6.92 Å². The zero-order valence-electron chi connectivity index (χ0n) is 11.4. The molecular weight excluding hydrogens is 292 g/mol. The van der Waals surface area contributed by atoms with E-state index < -0.39 is 5.25 Å². The third-order valence-corrected chi connectivity index (χ3v) is 4.40. The number of pyridine rings is 1. The van der Waals surface area contributed by atoms with Crippen LogP contribution in [0.25, 0.3) is 10.9 Å². The average Bonchev–Trinajstić information content (AvgIpc) is 2.77. The van der Waals surface area contributed by atoms with Gasteiger partial charge in [-0.05, 0) is 41.9 Å². The lowest BCUT2D eigenvalue weighted by atomic mass is 9.98. The van der Waals surface area contributed by atoms with Crippen molar-refractivity contribution in [2.24, 2.45) is 0 Å². The Bertz CT molecular complexity index is 828. The number of thioether (sulfide) groups is 1. The molecule has 1 saturated heterocycles. The number of hydrogen-bond donors (Lipinski definition) is 2. The van der Waals surface area contributed by atoms with Gasteiger partial charge >= 0.3 is 0 Å². The number of carbonyl (C=O) groups excluding carboxylic acids is 2. The van der Waals surface area contributed by atoms with Crippen molar-refractivity contribution in [2.75, 3.05) is 7.11 Å². The number of rotatable bonds is 2. The van der Waals surface area contributed by atoms with Crippen LogP contribution in [0.15, 0.2) is 23.0 Å². The smallest absolute Gasteiger partial charge is 0.286 e. The quantitative estimate of drug-likeness (QED) is 0.884. The predicted octanol–water partition coefficient (Wildman–Crippen LogP) is 1.87. The lowest BCUT2D eigenvalue weighted by Gasteiger charge is -2.15. The first-order chi connectivity index (χ1) is 10.0. The summed E-state index contributed by atoms with van der Waals surface area (Å²) in [5.74, 6) is 0.185. The standard InChI is InChI=1S/C14H12N2O4S/c1-6-5-8(20-2)11-7(3-4-9(17)15-11)10(6)12-13(18)16-14(19)21-12/h3-5,12H,1-2H3,(H,15,17)(H,16,18,19). The Morgan fingerprint density at radius 2 is 2.00 bits per heavy atom. The van der Waals surface area contributed by atoms with Crippen molar-refractivity contribution in [1.82, 2.24) is 10.3 Å². The molecule has 1 aliphatic rings. The minimum Gasteiger partial charge on any atom is -0.495 e. The maximum Gasteiger partial charge on any atom is 0.286 e. The second kappa shape index (κ2) is 4.92. The molecule has 0 aliphatic carbocycles. The van der Waals surface area contributed by atoms with Crippen LogP contribution in [-0.2, 0) is 4.79 Å². The molecular formula is C14H12N2O4S. The number of aromatic nitrogens is 1. The van der Waals surface area contributed by atoms with Crippen LogP contribution >= 0.6 is 11.8 Å². The maximum atomic E-state index is 11.9. The molecule has 1 aliphatic heterocycles. The molecule has 2 heterocycles. The van der Waals surface area contributed by atoms with Gasteiger partial charge in [0.05, 0.1) is 12.6 Å². The first kappa shape index (κ1) is 13.7. The summed E-state index contributed by atoms with van der Waals surface area (Å²) in [6, 6.07) is 4.80. The SMILES string of the molecule is COc1cc(C)c(C2SC(=O)NC2=O)c2ccc(=O)[nH]c12. The van der Waals surface area contributed by atoms with Crippen molar-refractivity contribution in [2.45, 2.75) is 12.2 Å². The number of aryl methyl sites for hydroxylation is 1. The van der Waals surface area contributed by atoms with Gasteiger partial charge in [-0.2, -0.15) is 0 Å². The molecule has 0 radical (unpaired) electrons. The van der Waals surface area contributed by atoms with Crippen LogP contribution in [0.1, 0.15) is 16.4 Å². The zero-order chi connectivity index (χ0) is 15.1. The third kappa shape index (κ3) is 2.19. The molecule has 1 fully saturated rings. The molecule has 108 valence electrons. The van der Waals surface area contributed by atoms with Gasteiger partial charge in [-0.3, -0.25) is 19.7 Å². The van der Waals surface area contributed by atoms with Crippen molar-refractivity contribution in [1.29, 1.82) is 0 Å². The van der Waals surface area contributed by atoms with E-state index in [2.05, 4.69) is 10.3 Å². The summed E-state index contributed by atoms with van der Waals surface area (Å²) < 4.78 is 5.28. The lowest BCUT2D eigenvalue weighted by molar-refractivity contribution is -0.119. The van der Waals surface area contributed by atoms with Crippen molar-refractivity contribution >= 4 is 33.8 Å². The summed E-state index contributed by atoms with van der Waals surface area (Å²) >= 11 is 0.941. The van der Waals surface area contributed by atoms with Gasteiger partial charge < -0.3 is 9.72 Å².